The summed E-state index contributed by atoms with van der Waals surface area (Å²) in [5.41, 5.74) is 5.54. The molecular weight excluding hydrogens is 402 g/mol. The van der Waals surface area contributed by atoms with Crippen LogP contribution in [0.2, 0.25) is 0 Å². The van der Waals surface area contributed by atoms with E-state index < -0.39 is 0 Å². The number of hydrogen-bond donors (Lipinski definition) is 1. The summed E-state index contributed by atoms with van der Waals surface area (Å²) < 4.78 is 12.5. The monoisotopic (exact) mass is 427 g/mol. The van der Waals surface area contributed by atoms with Crippen LogP contribution in [0.15, 0.2) is 72.8 Å². The van der Waals surface area contributed by atoms with E-state index in [0.29, 0.717) is 22.9 Å². The average molecular weight is 428 g/mol. The summed E-state index contributed by atoms with van der Waals surface area (Å²) in [5.74, 6) is 1.05. The molecule has 0 aliphatic carbocycles. The third-order valence-corrected chi connectivity index (χ3v) is 5.18. The zero-order chi connectivity index (χ0) is 22.7. The second kappa shape index (κ2) is 8.98. The van der Waals surface area contributed by atoms with Crippen molar-refractivity contribution in [2.45, 2.75) is 13.8 Å². The van der Waals surface area contributed by atoms with Crippen LogP contribution in [0.25, 0.3) is 16.9 Å². The zero-order valence-electron chi connectivity index (χ0n) is 18.5. The van der Waals surface area contributed by atoms with E-state index in [4.69, 9.17) is 14.6 Å². The van der Waals surface area contributed by atoms with Crippen molar-refractivity contribution in [1.29, 1.82) is 0 Å². The average Bonchev–Trinajstić information content (AvgIpc) is 3.25. The zero-order valence-corrected chi connectivity index (χ0v) is 18.5. The molecule has 0 radical (unpaired) electrons. The molecule has 0 fully saturated rings. The highest BCUT2D eigenvalue weighted by Crippen LogP contribution is 2.33. The van der Waals surface area contributed by atoms with Crippen molar-refractivity contribution in [3.63, 3.8) is 0 Å². The van der Waals surface area contributed by atoms with Gasteiger partial charge in [-0.05, 0) is 61.9 Å². The number of methoxy groups -OCH3 is 2. The second-order valence-electron chi connectivity index (χ2n) is 7.55. The Morgan fingerprint density at radius 1 is 0.875 bits per heavy atom. The molecule has 0 spiro atoms. The molecule has 0 aliphatic heterocycles. The number of nitrogens with zero attached hydrogens (tertiary/aromatic N) is 2. The van der Waals surface area contributed by atoms with Crippen LogP contribution >= 0.6 is 0 Å². The Balaban J connectivity index is 1.80. The van der Waals surface area contributed by atoms with Crippen LogP contribution in [0.1, 0.15) is 21.6 Å². The summed E-state index contributed by atoms with van der Waals surface area (Å²) in [6, 6.07) is 22.8. The SMILES string of the molecule is COc1ccc(-c2cc(C(=O)Nc3ccc(C)cc3)n(-c3cccc(C)c3)n2)c(OC)c1. The normalized spacial score (nSPS) is 10.6. The van der Waals surface area contributed by atoms with Crippen LogP contribution in [-0.4, -0.2) is 29.9 Å². The summed E-state index contributed by atoms with van der Waals surface area (Å²) in [6.07, 6.45) is 0. The Hall–Kier alpha value is -4.06. The molecule has 6 heteroatoms. The van der Waals surface area contributed by atoms with Gasteiger partial charge in [-0.25, -0.2) is 4.68 Å². The standard InChI is InChI=1S/C26H25N3O3/c1-17-8-10-19(11-9-17)27-26(30)24-16-23(22-13-12-21(31-3)15-25(22)32-4)28-29(24)20-7-5-6-18(2)14-20/h5-16H,1-4H3,(H,27,30). The first-order valence-electron chi connectivity index (χ1n) is 10.3. The van der Waals surface area contributed by atoms with Gasteiger partial charge < -0.3 is 14.8 Å². The Morgan fingerprint density at radius 2 is 1.66 bits per heavy atom. The molecule has 4 aromatic rings. The van der Waals surface area contributed by atoms with E-state index >= 15 is 0 Å². The van der Waals surface area contributed by atoms with Crippen LogP contribution in [0.5, 0.6) is 11.5 Å². The Kier molecular flexibility index (Phi) is 5.94. The maximum Gasteiger partial charge on any atom is 0.274 e. The van der Waals surface area contributed by atoms with Crippen molar-refractivity contribution in [3.05, 3.63) is 89.6 Å². The maximum atomic E-state index is 13.3. The fraction of sp³-hybridized carbons (Fsp3) is 0.154. The quantitative estimate of drug-likeness (QED) is 0.446. The molecule has 0 atom stereocenters. The van der Waals surface area contributed by atoms with E-state index in [2.05, 4.69) is 5.32 Å². The molecule has 4 rings (SSSR count). The highest BCUT2D eigenvalue weighted by molar-refractivity contribution is 6.04. The van der Waals surface area contributed by atoms with Crippen LogP contribution in [0.3, 0.4) is 0 Å². The Morgan fingerprint density at radius 3 is 2.34 bits per heavy atom. The fourth-order valence-electron chi connectivity index (χ4n) is 3.47. The predicted molar refractivity (Wildman–Crippen MR) is 126 cm³/mol. The van der Waals surface area contributed by atoms with Crippen molar-refractivity contribution in [2.24, 2.45) is 0 Å². The minimum absolute atomic E-state index is 0.249. The Bertz CT molecular complexity index is 1260. The van der Waals surface area contributed by atoms with E-state index in [9.17, 15) is 4.79 Å². The molecule has 162 valence electrons. The largest absolute Gasteiger partial charge is 0.497 e. The number of benzene rings is 3. The third-order valence-electron chi connectivity index (χ3n) is 5.18. The van der Waals surface area contributed by atoms with E-state index in [0.717, 1.165) is 28.1 Å². The number of anilines is 1. The highest BCUT2D eigenvalue weighted by Gasteiger charge is 2.20. The number of carbonyl (C=O) groups is 1. The number of nitrogens with one attached hydrogen (secondary N) is 1. The van der Waals surface area contributed by atoms with Gasteiger partial charge in [-0.2, -0.15) is 5.10 Å². The summed E-state index contributed by atoms with van der Waals surface area (Å²) in [5, 5.41) is 7.74. The fourth-order valence-corrected chi connectivity index (χ4v) is 3.47. The summed E-state index contributed by atoms with van der Waals surface area (Å²) in [4.78, 5) is 13.3. The van der Waals surface area contributed by atoms with Gasteiger partial charge in [0.2, 0.25) is 0 Å². The van der Waals surface area contributed by atoms with Gasteiger partial charge in [0.15, 0.2) is 0 Å². The van der Waals surface area contributed by atoms with Gasteiger partial charge in [-0.15, -0.1) is 0 Å². The van der Waals surface area contributed by atoms with Crippen LogP contribution in [-0.2, 0) is 0 Å². The maximum absolute atomic E-state index is 13.3. The van der Waals surface area contributed by atoms with Gasteiger partial charge in [0.1, 0.15) is 17.2 Å². The number of aromatic nitrogens is 2. The molecule has 1 N–H and O–H groups in total. The van der Waals surface area contributed by atoms with Gasteiger partial charge in [-0.1, -0.05) is 29.8 Å². The van der Waals surface area contributed by atoms with E-state index in [1.54, 1.807) is 31.0 Å². The molecule has 3 aromatic carbocycles. The smallest absolute Gasteiger partial charge is 0.274 e. The molecule has 32 heavy (non-hydrogen) atoms. The van der Waals surface area contributed by atoms with E-state index in [1.165, 1.54) is 0 Å². The topological polar surface area (TPSA) is 65.4 Å². The lowest BCUT2D eigenvalue weighted by Crippen LogP contribution is -2.17. The molecule has 0 saturated heterocycles. The van der Waals surface area contributed by atoms with Crippen molar-refractivity contribution < 1.29 is 14.3 Å². The molecule has 0 unspecified atom stereocenters. The molecule has 0 bridgehead atoms. The van der Waals surface area contributed by atoms with Gasteiger partial charge in [-0.3, -0.25) is 4.79 Å². The van der Waals surface area contributed by atoms with Crippen LogP contribution < -0.4 is 14.8 Å². The first-order chi connectivity index (χ1) is 15.5. The number of rotatable bonds is 6. The van der Waals surface area contributed by atoms with Crippen molar-refractivity contribution >= 4 is 11.6 Å². The lowest BCUT2D eigenvalue weighted by Gasteiger charge is -2.09. The van der Waals surface area contributed by atoms with Crippen LogP contribution in [0, 0.1) is 13.8 Å². The number of ether oxygens (including phenoxy) is 2. The molecular formula is C26H25N3O3. The molecule has 6 nitrogen and oxygen atoms in total. The van der Waals surface area contributed by atoms with Gasteiger partial charge in [0, 0.05) is 17.3 Å². The summed E-state index contributed by atoms with van der Waals surface area (Å²) >= 11 is 0. The molecule has 1 amide bonds. The van der Waals surface area contributed by atoms with E-state index in [-0.39, 0.29) is 5.91 Å². The first kappa shape index (κ1) is 21.2. The molecule has 1 heterocycles. The molecule has 1 aromatic heterocycles. The predicted octanol–water partition coefficient (Wildman–Crippen LogP) is 5.43. The van der Waals surface area contributed by atoms with Crippen LogP contribution in [0.4, 0.5) is 5.69 Å². The number of amides is 1. The Labute approximate surface area is 187 Å². The number of hydrogen-bond acceptors (Lipinski definition) is 4. The minimum Gasteiger partial charge on any atom is -0.497 e. The first-order valence-corrected chi connectivity index (χ1v) is 10.3. The van der Waals surface area contributed by atoms with Crippen molar-refractivity contribution in [2.75, 3.05) is 19.5 Å². The third kappa shape index (κ3) is 4.34. The van der Waals surface area contributed by atoms with Crippen molar-refractivity contribution in [3.8, 4) is 28.4 Å². The van der Waals surface area contributed by atoms with Gasteiger partial charge in [0.25, 0.3) is 5.91 Å². The number of aryl methyl sites for hydroxylation is 2. The second-order valence-corrected chi connectivity index (χ2v) is 7.55. The summed E-state index contributed by atoms with van der Waals surface area (Å²) in [7, 11) is 3.20. The molecule has 0 aliphatic rings. The lowest BCUT2D eigenvalue weighted by molar-refractivity contribution is 0.101. The van der Waals surface area contributed by atoms with E-state index in [1.807, 2.05) is 74.5 Å². The van der Waals surface area contributed by atoms with Gasteiger partial charge >= 0.3 is 0 Å². The minimum atomic E-state index is -0.249. The molecule has 0 saturated carbocycles. The lowest BCUT2D eigenvalue weighted by atomic mass is 10.1. The summed E-state index contributed by atoms with van der Waals surface area (Å²) in [6.45, 7) is 4.01. The van der Waals surface area contributed by atoms with Gasteiger partial charge in [0.05, 0.1) is 25.6 Å². The van der Waals surface area contributed by atoms with Crippen molar-refractivity contribution in [1.82, 2.24) is 9.78 Å². The highest BCUT2D eigenvalue weighted by atomic mass is 16.5. The number of carbonyl (C=O) groups excluding carboxylic acids is 1.